The number of carboxylic acid groups (broad SMARTS) is 2. The summed E-state index contributed by atoms with van der Waals surface area (Å²) in [5.41, 5.74) is 0. The van der Waals surface area contributed by atoms with Crippen LogP contribution in [0.4, 0.5) is 0 Å². The quantitative estimate of drug-likeness (QED) is 0.691. The molecule has 0 aromatic carbocycles. The van der Waals surface area contributed by atoms with Gasteiger partial charge >= 0.3 is 47.3 Å². The molecule has 0 spiro atoms. The Hall–Kier alpha value is 0.0883. The SMILES string of the molecule is O.O=C(O)CCC(=O)O.[Cl][Pt+2][Cl].[NH2-].[NH2-]. The largest absolute Gasteiger partial charge is 0.693 e. The van der Waals surface area contributed by atoms with E-state index in [4.69, 9.17) is 29.0 Å². The minimum atomic E-state index is -1.08. The van der Waals surface area contributed by atoms with E-state index in [1.807, 2.05) is 0 Å². The number of carboxylic acids is 2. The predicted molar refractivity (Wildman–Crippen MR) is 50.4 cm³/mol. The maximum absolute atomic E-state index is 9.64. The van der Waals surface area contributed by atoms with Crippen LogP contribution in [0.5, 0.6) is 0 Å². The molecule has 0 aliphatic carbocycles. The first-order valence-corrected chi connectivity index (χ1v) is 7.93. The predicted octanol–water partition coefficient (Wildman–Crippen LogP) is 1.92. The van der Waals surface area contributed by atoms with Crippen molar-refractivity contribution < 1.29 is 41.8 Å². The summed E-state index contributed by atoms with van der Waals surface area (Å²) in [6.07, 6.45) is -0.593. The van der Waals surface area contributed by atoms with Gasteiger partial charge in [0.1, 0.15) is 0 Å². The van der Waals surface area contributed by atoms with Gasteiger partial charge < -0.3 is 28.0 Å². The Kier molecular flexibility index (Phi) is 48.3. The fourth-order valence-corrected chi connectivity index (χ4v) is 0.214. The van der Waals surface area contributed by atoms with Crippen LogP contribution >= 0.6 is 18.8 Å². The Morgan fingerprint density at radius 3 is 1.21 bits per heavy atom. The molecule has 0 fully saturated rings. The van der Waals surface area contributed by atoms with E-state index >= 15 is 0 Å². The van der Waals surface area contributed by atoms with Crippen LogP contribution in [-0.4, -0.2) is 27.6 Å². The van der Waals surface area contributed by atoms with Crippen molar-refractivity contribution in [3.05, 3.63) is 12.3 Å². The summed E-state index contributed by atoms with van der Waals surface area (Å²) in [5.74, 6) is -2.15. The Labute approximate surface area is 97.6 Å². The van der Waals surface area contributed by atoms with Crippen LogP contribution in [0, 0.1) is 0 Å². The fraction of sp³-hybridized carbons (Fsp3) is 0.500. The zero-order valence-electron chi connectivity index (χ0n) is 6.85. The second-order valence-electron chi connectivity index (χ2n) is 1.33. The molecule has 10 heteroatoms. The Balaban J connectivity index is -0.0000000405. The average Bonchev–Trinajstić information content (AvgIpc) is 1.85. The first kappa shape index (κ1) is 29.2. The summed E-state index contributed by atoms with van der Waals surface area (Å²) in [4.78, 5) is 19.3. The summed E-state index contributed by atoms with van der Waals surface area (Å²) < 4.78 is 0. The molecule has 14 heavy (non-hydrogen) atoms. The monoisotopic (exact) mass is 433 g/mol. The molecule has 92 valence electrons. The molecular formula is C4H12Cl2N2O5Pt. The fourth-order valence-electron chi connectivity index (χ4n) is 0.214. The van der Waals surface area contributed by atoms with Crippen molar-refractivity contribution in [1.29, 1.82) is 0 Å². The van der Waals surface area contributed by atoms with Gasteiger partial charge in [-0.15, -0.1) is 0 Å². The summed E-state index contributed by atoms with van der Waals surface area (Å²) in [6, 6.07) is 0. The van der Waals surface area contributed by atoms with Crippen molar-refractivity contribution in [2.45, 2.75) is 12.8 Å². The molecule has 0 rings (SSSR count). The van der Waals surface area contributed by atoms with E-state index in [-0.39, 0.29) is 30.6 Å². The molecule has 0 saturated carbocycles. The van der Waals surface area contributed by atoms with Gasteiger partial charge in [0.05, 0.1) is 12.8 Å². The maximum atomic E-state index is 9.64. The van der Waals surface area contributed by atoms with E-state index in [0.29, 0.717) is 0 Å². The smallest absolute Gasteiger partial charge is 0.693 e. The van der Waals surface area contributed by atoms with Crippen molar-refractivity contribution in [1.82, 2.24) is 0 Å². The first-order chi connectivity index (χ1) is 5.04. The topological polar surface area (TPSA) is 173 Å². The van der Waals surface area contributed by atoms with Gasteiger partial charge in [-0.1, -0.05) is 0 Å². The van der Waals surface area contributed by atoms with Crippen LogP contribution < -0.4 is 0 Å². The second-order valence-corrected chi connectivity index (χ2v) is 4.62. The summed E-state index contributed by atoms with van der Waals surface area (Å²) >= 11 is -0.472. The van der Waals surface area contributed by atoms with Gasteiger partial charge in [-0.25, -0.2) is 0 Å². The van der Waals surface area contributed by atoms with Crippen molar-refractivity contribution in [2.24, 2.45) is 0 Å². The van der Waals surface area contributed by atoms with Crippen LogP contribution in [0.2, 0.25) is 0 Å². The van der Waals surface area contributed by atoms with Gasteiger partial charge in [-0.3, -0.25) is 9.59 Å². The number of nitrogens with two attached hydrogens (primary N) is 2. The van der Waals surface area contributed by atoms with E-state index in [2.05, 4.69) is 0 Å². The first-order valence-electron chi connectivity index (χ1n) is 2.30. The minimum absolute atomic E-state index is 0. The van der Waals surface area contributed by atoms with Crippen molar-refractivity contribution in [3.8, 4) is 0 Å². The normalized spacial score (nSPS) is 6.43. The number of halogens is 2. The van der Waals surface area contributed by atoms with E-state index in [1.54, 1.807) is 0 Å². The van der Waals surface area contributed by atoms with Gasteiger partial charge in [0.15, 0.2) is 0 Å². The molecule has 0 saturated heterocycles. The van der Waals surface area contributed by atoms with Crippen LogP contribution in [0.3, 0.4) is 0 Å². The molecule has 0 aromatic rings. The molecule has 0 unspecified atom stereocenters. The van der Waals surface area contributed by atoms with Crippen LogP contribution in [0.25, 0.3) is 12.3 Å². The van der Waals surface area contributed by atoms with E-state index in [0.717, 1.165) is 0 Å². The molecule has 0 aromatic heterocycles. The van der Waals surface area contributed by atoms with Gasteiger partial charge in [-0.2, -0.15) is 0 Å². The summed E-state index contributed by atoms with van der Waals surface area (Å²) in [7, 11) is 9.75. The molecule has 0 bridgehead atoms. The molecule has 8 N–H and O–H groups in total. The van der Waals surface area contributed by atoms with Gasteiger partial charge in [0.2, 0.25) is 0 Å². The van der Waals surface area contributed by atoms with Crippen molar-refractivity contribution in [3.63, 3.8) is 0 Å². The zero-order chi connectivity index (χ0) is 9.28. The molecule has 0 atom stereocenters. The van der Waals surface area contributed by atoms with E-state index in [1.165, 1.54) is 0 Å². The Morgan fingerprint density at radius 2 is 1.14 bits per heavy atom. The minimum Gasteiger partial charge on any atom is -0.693 e. The Bertz CT molecular complexity index is 125. The summed E-state index contributed by atoms with van der Waals surface area (Å²) in [5, 5.41) is 15.8. The number of rotatable bonds is 3. The van der Waals surface area contributed by atoms with E-state index < -0.39 is 28.4 Å². The number of aliphatic carboxylic acids is 2. The van der Waals surface area contributed by atoms with Crippen LogP contribution in [0.1, 0.15) is 12.8 Å². The molecule has 0 heterocycles. The van der Waals surface area contributed by atoms with Crippen LogP contribution in [0.15, 0.2) is 0 Å². The molecule has 0 radical (unpaired) electrons. The third-order valence-electron chi connectivity index (χ3n) is 0.553. The third kappa shape index (κ3) is 57.4. The van der Waals surface area contributed by atoms with E-state index in [9.17, 15) is 9.59 Å². The molecule has 7 nitrogen and oxygen atoms in total. The number of carbonyl (C=O) groups is 2. The molecule has 0 aliphatic rings. The maximum Gasteiger partial charge on any atom is -0.693 e. The van der Waals surface area contributed by atoms with Gasteiger partial charge in [0, 0.05) is 0 Å². The Morgan fingerprint density at radius 1 is 1.00 bits per heavy atom. The number of hydrogen-bond acceptors (Lipinski definition) is 2. The zero-order valence-corrected chi connectivity index (χ0v) is 10.6. The average molecular weight is 434 g/mol. The number of hydrogen-bond donors (Lipinski definition) is 2. The van der Waals surface area contributed by atoms with Crippen LogP contribution in [-0.2, 0) is 26.1 Å². The van der Waals surface area contributed by atoms with Crippen molar-refractivity contribution >= 4 is 30.8 Å². The van der Waals surface area contributed by atoms with Gasteiger partial charge in [0.25, 0.3) is 0 Å². The molecule has 0 aliphatic heterocycles. The second kappa shape index (κ2) is 23.2. The molecular weight excluding hydrogens is 422 g/mol. The third-order valence-corrected chi connectivity index (χ3v) is 0.553. The summed E-state index contributed by atoms with van der Waals surface area (Å²) in [6.45, 7) is 0. The molecule has 0 amide bonds. The standard InChI is InChI=1S/C4H6O4.2ClH.2H2N.H2O.Pt/c5-3(6)1-2-4(7)8;;;;;;/h1-2H2,(H,5,6)(H,7,8);2*1H;3*1H2;/q;;;2*-1;;+4/p-2. The van der Waals surface area contributed by atoms with Crippen molar-refractivity contribution in [2.75, 3.05) is 0 Å². The van der Waals surface area contributed by atoms with Gasteiger partial charge in [-0.05, 0) is 0 Å².